The summed E-state index contributed by atoms with van der Waals surface area (Å²) in [6, 6.07) is 6.61. The Hall–Kier alpha value is -0.980. The van der Waals surface area contributed by atoms with Crippen molar-refractivity contribution in [3.63, 3.8) is 0 Å². The van der Waals surface area contributed by atoms with Crippen molar-refractivity contribution in [2.75, 3.05) is 0 Å². The zero-order valence-corrected chi connectivity index (χ0v) is 12.9. The predicted molar refractivity (Wildman–Crippen MR) is 81.6 cm³/mol. The van der Waals surface area contributed by atoms with Gasteiger partial charge in [0.25, 0.3) is 0 Å². The molecule has 4 nitrogen and oxygen atoms in total. The fourth-order valence-electron chi connectivity index (χ4n) is 1.73. The summed E-state index contributed by atoms with van der Waals surface area (Å²) < 4.78 is 27.0. The molecular weight excluding hydrogens is 280 g/mol. The lowest BCUT2D eigenvalue weighted by Gasteiger charge is -2.15. The summed E-state index contributed by atoms with van der Waals surface area (Å²) in [4.78, 5) is 0.664. The highest BCUT2D eigenvalue weighted by molar-refractivity contribution is 7.89. The number of nitrogens with one attached hydrogen (secondary N) is 1. The van der Waals surface area contributed by atoms with Gasteiger partial charge in [0.15, 0.2) is 0 Å². The summed E-state index contributed by atoms with van der Waals surface area (Å²) in [6.07, 6.45) is 2.03. The van der Waals surface area contributed by atoms with E-state index in [0.29, 0.717) is 11.4 Å². The van der Waals surface area contributed by atoms with Crippen LogP contribution in [-0.2, 0) is 16.4 Å². The number of rotatable bonds is 7. The second-order valence-corrected chi connectivity index (χ2v) is 6.66. The Labute approximate surface area is 120 Å². The topological polar surface area (TPSA) is 72.2 Å². The molecule has 0 aliphatic heterocycles. The SMILES string of the molecule is CCC(CC)NS(=O)(=O)c1ccc(CC(N)=S)cc1. The third-order valence-electron chi connectivity index (χ3n) is 2.92. The van der Waals surface area contributed by atoms with Gasteiger partial charge in [-0.2, -0.15) is 0 Å². The van der Waals surface area contributed by atoms with Gasteiger partial charge in [0.1, 0.15) is 0 Å². The molecule has 106 valence electrons. The van der Waals surface area contributed by atoms with E-state index in [0.717, 1.165) is 18.4 Å². The van der Waals surface area contributed by atoms with Gasteiger partial charge in [0.2, 0.25) is 10.0 Å². The molecule has 3 N–H and O–H groups in total. The highest BCUT2D eigenvalue weighted by Crippen LogP contribution is 2.13. The fraction of sp³-hybridized carbons (Fsp3) is 0.462. The zero-order valence-electron chi connectivity index (χ0n) is 11.2. The lowest BCUT2D eigenvalue weighted by Crippen LogP contribution is -2.33. The Morgan fingerprint density at radius 3 is 2.21 bits per heavy atom. The lowest BCUT2D eigenvalue weighted by molar-refractivity contribution is 0.530. The molecular formula is C13H20N2O2S2. The molecule has 0 bridgehead atoms. The van der Waals surface area contributed by atoms with E-state index < -0.39 is 10.0 Å². The van der Waals surface area contributed by atoms with Gasteiger partial charge in [0, 0.05) is 12.5 Å². The molecule has 6 heteroatoms. The fourth-order valence-corrected chi connectivity index (χ4v) is 3.30. The predicted octanol–water partition coefficient (Wildman–Crippen LogP) is 1.98. The molecule has 0 spiro atoms. The lowest BCUT2D eigenvalue weighted by atomic mass is 10.1. The van der Waals surface area contributed by atoms with E-state index in [1.807, 2.05) is 13.8 Å². The summed E-state index contributed by atoms with van der Waals surface area (Å²) in [5, 5.41) is 0. The van der Waals surface area contributed by atoms with Crippen molar-refractivity contribution in [1.82, 2.24) is 4.72 Å². The van der Waals surface area contributed by atoms with Crippen molar-refractivity contribution in [2.24, 2.45) is 5.73 Å². The van der Waals surface area contributed by atoms with Crippen LogP contribution < -0.4 is 10.5 Å². The molecule has 0 unspecified atom stereocenters. The van der Waals surface area contributed by atoms with Gasteiger partial charge in [-0.05, 0) is 30.5 Å². The summed E-state index contributed by atoms with van der Waals surface area (Å²) in [5.41, 5.74) is 6.36. The zero-order chi connectivity index (χ0) is 14.5. The first-order valence-electron chi connectivity index (χ1n) is 6.28. The molecule has 0 heterocycles. The Balaban J connectivity index is 2.87. The number of nitrogens with two attached hydrogens (primary N) is 1. The smallest absolute Gasteiger partial charge is 0.240 e. The molecule has 0 saturated heterocycles. The highest BCUT2D eigenvalue weighted by Gasteiger charge is 2.17. The minimum absolute atomic E-state index is 0.0266. The summed E-state index contributed by atoms with van der Waals surface area (Å²) in [5.74, 6) is 0. The minimum Gasteiger partial charge on any atom is -0.393 e. The number of thiocarbonyl (C=S) groups is 1. The molecule has 19 heavy (non-hydrogen) atoms. The Morgan fingerprint density at radius 2 is 1.79 bits per heavy atom. The normalized spacial score (nSPS) is 11.7. The van der Waals surface area contributed by atoms with Crippen LogP contribution in [0.4, 0.5) is 0 Å². The van der Waals surface area contributed by atoms with Crippen LogP contribution in [0.5, 0.6) is 0 Å². The second kappa shape index (κ2) is 6.98. The molecule has 0 atom stereocenters. The van der Waals surface area contributed by atoms with E-state index in [-0.39, 0.29) is 10.9 Å². The first kappa shape index (κ1) is 16.1. The standard InChI is InChI=1S/C13H20N2O2S2/c1-3-11(4-2)15-19(16,17)12-7-5-10(6-8-12)9-13(14)18/h5-8,11,15H,3-4,9H2,1-2H3,(H2,14,18). The molecule has 0 amide bonds. The molecule has 0 radical (unpaired) electrons. The van der Waals surface area contributed by atoms with Crippen LogP contribution in [-0.4, -0.2) is 19.4 Å². The Kier molecular flexibility index (Phi) is 5.90. The summed E-state index contributed by atoms with van der Waals surface area (Å²) >= 11 is 4.82. The summed E-state index contributed by atoms with van der Waals surface area (Å²) in [7, 11) is -3.44. The first-order valence-corrected chi connectivity index (χ1v) is 8.17. The monoisotopic (exact) mass is 300 g/mol. The van der Waals surface area contributed by atoms with Crippen LogP contribution >= 0.6 is 12.2 Å². The molecule has 0 fully saturated rings. The molecule has 1 aromatic carbocycles. The third-order valence-corrected chi connectivity index (χ3v) is 4.60. The maximum Gasteiger partial charge on any atom is 0.240 e. The van der Waals surface area contributed by atoms with E-state index in [1.165, 1.54) is 0 Å². The average molecular weight is 300 g/mol. The third kappa shape index (κ3) is 4.89. The average Bonchev–Trinajstić information content (AvgIpc) is 2.36. The molecule has 0 saturated carbocycles. The maximum absolute atomic E-state index is 12.1. The largest absolute Gasteiger partial charge is 0.393 e. The van der Waals surface area contributed by atoms with Crippen LogP contribution in [0.2, 0.25) is 0 Å². The van der Waals surface area contributed by atoms with Gasteiger partial charge in [0.05, 0.1) is 9.88 Å². The summed E-state index contributed by atoms with van der Waals surface area (Å²) in [6.45, 7) is 3.92. The van der Waals surface area contributed by atoms with Gasteiger partial charge < -0.3 is 5.73 Å². The number of hydrogen-bond acceptors (Lipinski definition) is 3. The number of hydrogen-bond donors (Lipinski definition) is 2. The van der Waals surface area contributed by atoms with E-state index in [9.17, 15) is 8.42 Å². The Morgan fingerprint density at radius 1 is 1.26 bits per heavy atom. The Bertz CT molecular complexity index is 520. The van der Waals surface area contributed by atoms with Crippen molar-refractivity contribution in [2.45, 2.75) is 44.0 Å². The van der Waals surface area contributed by atoms with Crippen LogP contribution in [0.15, 0.2) is 29.2 Å². The molecule has 0 aromatic heterocycles. The van der Waals surface area contributed by atoms with Crippen LogP contribution in [0.25, 0.3) is 0 Å². The first-order chi connectivity index (χ1) is 8.89. The van der Waals surface area contributed by atoms with Crippen LogP contribution in [0, 0.1) is 0 Å². The van der Waals surface area contributed by atoms with E-state index in [4.69, 9.17) is 18.0 Å². The van der Waals surface area contributed by atoms with Gasteiger partial charge >= 0.3 is 0 Å². The molecule has 0 aliphatic rings. The van der Waals surface area contributed by atoms with Crippen molar-refractivity contribution < 1.29 is 8.42 Å². The van der Waals surface area contributed by atoms with Gasteiger partial charge in [-0.25, -0.2) is 13.1 Å². The van der Waals surface area contributed by atoms with Crippen molar-refractivity contribution in [3.8, 4) is 0 Å². The van der Waals surface area contributed by atoms with Crippen molar-refractivity contribution >= 4 is 27.2 Å². The van der Waals surface area contributed by atoms with E-state index in [2.05, 4.69) is 4.72 Å². The van der Waals surface area contributed by atoms with E-state index >= 15 is 0 Å². The van der Waals surface area contributed by atoms with E-state index in [1.54, 1.807) is 24.3 Å². The van der Waals surface area contributed by atoms with Crippen molar-refractivity contribution in [1.29, 1.82) is 0 Å². The maximum atomic E-state index is 12.1. The van der Waals surface area contributed by atoms with Gasteiger partial charge in [-0.3, -0.25) is 0 Å². The molecule has 0 aliphatic carbocycles. The molecule has 1 rings (SSSR count). The van der Waals surface area contributed by atoms with Crippen LogP contribution in [0.1, 0.15) is 32.3 Å². The second-order valence-electron chi connectivity index (χ2n) is 4.42. The quantitative estimate of drug-likeness (QED) is 0.755. The minimum atomic E-state index is -3.44. The molecule has 1 aromatic rings. The van der Waals surface area contributed by atoms with Crippen molar-refractivity contribution in [3.05, 3.63) is 29.8 Å². The van der Waals surface area contributed by atoms with Gasteiger partial charge in [-0.15, -0.1) is 0 Å². The van der Waals surface area contributed by atoms with Crippen LogP contribution in [0.3, 0.4) is 0 Å². The number of sulfonamides is 1. The highest BCUT2D eigenvalue weighted by atomic mass is 32.2. The van der Waals surface area contributed by atoms with Gasteiger partial charge in [-0.1, -0.05) is 38.2 Å². The number of benzene rings is 1.